The number of nitrogens with two attached hydrogens (primary N) is 1. The molecule has 0 radical (unpaired) electrons. The number of alkyl halides is 2. The third-order valence-corrected chi connectivity index (χ3v) is 2.82. The monoisotopic (exact) mass is 321 g/mol. The van der Waals surface area contributed by atoms with Crippen LogP contribution in [-0.2, 0) is 20.2 Å². The van der Waals surface area contributed by atoms with Crippen LogP contribution >= 0.6 is 11.6 Å². The minimum atomic E-state index is -3.99. The first-order chi connectivity index (χ1) is 9.75. The highest BCUT2D eigenvalue weighted by atomic mass is 35.5. The third-order valence-electron chi connectivity index (χ3n) is 2.50. The van der Waals surface area contributed by atoms with Crippen molar-refractivity contribution in [1.29, 1.82) is 0 Å². The van der Waals surface area contributed by atoms with Crippen LogP contribution in [0.5, 0.6) is 0 Å². The summed E-state index contributed by atoms with van der Waals surface area (Å²) in [5, 5.41) is -0.144. The van der Waals surface area contributed by atoms with Crippen LogP contribution in [0.4, 0.5) is 14.5 Å². The van der Waals surface area contributed by atoms with Crippen molar-refractivity contribution in [2.45, 2.75) is 19.8 Å². The summed E-state index contributed by atoms with van der Waals surface area (Å²) in [6, 6.07) is 1.71. The molecule has 1 aromatic rings. The molecule has 5 nitrogen and oxygen atoms in total. The number of nitrogen functional groups attached to an aromatic ring is 1. The van der Waals surface area contributed by atoms with Gasteiger partial charge < -0.3 is 15.2 Å². The van der Waals surface area contributed by atoms with Crippen molar-refractivity contribution in [2.24, 2.45) is 0 Å². The van der Waals surface area contributed by atoms with E-state index in [0.717, 1.165) is 12.1 Å². The Morgan fingerprint density at radius 2 is 1.81 bits per heavy atom. The van der Waals surface area contributed by atoms with Crippen molar-refractivity contribution < 1.29 is 27.8 Å². The summed E-state index contributed by atoms with van der Waals surface area (Å²) in [7, 11) is 0. The number of carbonyl (C=O) groups excluding carboxylic acids is 2. The second kappa shape index (κ2) is 6.71. The Morgan fingerprint density at radius 3 is 2.33 bits per heavy atom. The lowest BCUT2D eigenvalue weighted by molar-refractivity contribution is -0.173. The Morgan fingerprint density at radius 1 is 1.24 bits per heavy atom. The van der Waals surface area contributed by atoms with Gasteiger partial charge in [-0.15, -0.1) is 0 Å². The van der Waals surface area contributed by atoms with E-state index in [-0.39, 0.29) is 23.8 Å². The maximum absolute atomic E-state index is 14.0. The summed E-state index contributed by atoms with van der Waals surface area (Å²) in [4.78, 5) is 23.0. The van der Waals surface area contributed by atoms with Gasteiger partial charge in [0, 0.05) is 5.69 Å². The molecule has 0 heterocycles. The maximum Gasteiger partial charge on any atom is 0.382 e. The maximum atomic E-state index is 14.0. The SMILES string of the molecule is CCOC(=O)c1cc(C(F)(F)C(=O)OCC)c(N)cc1Cl. The molecule has 116 valence electrons. The van der Waals surface area contributed by atoms with Gasteiger partial charge in [-0.25, -0.2) is 9.59 Å². The largest absolute Gasteiger partial charge is 0.462 e. The first-order valence-corrected chi connectivity index (χ1v) is 6.45. The van der Waals surface area contributed by atoms with Crippen LogP contribution in [0.25, 0.3) is 0 Å². The molecule has 0 aliphatic heterocycles. The van der Waals surface area contributed by atoms with Crippen LogP contribution in [-0.4, -0.2) is 25.2 Å². The highest BCUT2D eigenvalue weighted by molar-refractivity contribution is 6.34. The van der Waals surface area contributed by atoms with Gasteiger partial charge in [-0.1, -0.05) is 11.6 Å². The summed E-state index contributed by atoms with van der Waals surface area (Å²) >= 11 is 5.78. The van der Waals surface area contributed by atoms with Gasteiger partial charge in [0.25, 0.3) is 0 Å². The van der Waals surface area contributed by atoms with Crippen molar-refractivity contribution in [3.63, 3.8) is 0 Å². The minimum Gasteiger partial charge on any atom is -0.462 e. The lowest BCUT2D eigenvalue weighted by Crippen LogP contribution is -2.29. The molecule has 0 aromatic heterocycles. The summed E-state index contributed by atoms with van der Waals surface area (Å²) in [5.41, 5.74) is 3.88. The Balaban J connectivity index is 3.33. The number of rotatable bonds is 5. The van der Waals surface area contributed by atoms with Gasteiger partial charge in [-0.3, -0.25) is 0 Å². The second-order valence-electron chi connectivity index (χ2n) is 3.93. The van der Waals surface area contributed by atoms with Gasteiger partial charge in [0.15, 0.2) is 0 Å². The molecular formula is C13H14ClF2NO4. The molecule has 0 bridgehead atoms. The molecule has 0 spiro atoms. The number of esters is 2. The summed E-state index contributed by atoms with van der Waals surface area (Å²) < 4.78 is 37.0. The van der Waals surface area contributed by atoms with Gasteiger partial charge in [0.05, 0.1) is 29.4 Å². The van der Waals surface area contributed by atoms with Gasteiger partial charge >= 0.3 is 17.9 Å². The standard InChI is InChI=1S/C13H14ClF2NO4/c1-3-20-11(18)7-5-8(10(17)6-9(7)14)13(15,16)12(19)21-4-2/h5-6H,3-4,17H2,1-2H3. The highest BCUT2D eigenvalue weighted by Crippen LogP contribution is 2.36. The molecule has 0 atom stereocenters. The third kappa shape index (κ3) is 3.60. The molecule has 0 fully saturated rings. The molecule has 2 N–H and O–H groups in total. The van der Waals surface area contributed by atoms with E-state index in [2.05, 4.69) is 4.74 Å². The zero-order valence-electron chi connectivity index (χ0n) is 11.4. The van der Waals surface area contributed by atoms with Crippen LogP contribution in [0.2, 0.25) is 5.02 Å². The Bertz CT molecular complexity index is 563. The number of hydrogen-bond acceptors (Lipinski definition) is 5. The lowest BCUT2D eigenvalue weighted by atomic mass is 10.0. The van der Waals surface area contributed by atoms with Crippen molar-refractivity contribution >= 4 is 29.2 Å². The zero-order chi connectivity index (χ0) is 16.2. The molecule has 0 saturated heterocycles. The molecule has 1 aromatic carbocycles. The average Bonchev–Trinajstić information content (AvgIpc) is 2.38. The summed E-state index contributed by atoms with van der Waals surface area (Å²) in [5.74, 6) is -6.64. The quantitative estimate of drug-likeness (QED) is 0.666. The van der Waals surface area contributed by atoms with E-state index in [1.165, 1.54) is 6.92 Å². The predicted molar refractivity (Wildman–Crippen MR) is 72.3 cm³/mol. The van der Waals surface area contributed by atoms with Gasteiger partial charge in [-0.2, -0.15) is 8.78 Å². The van der Waals surface area contributed by atoms with Crippen LogP contribution in [0.15, 0.2) is 12.1 Å². The highest BCUT2D eigenvalue weighted by Gasteiger charge is 2.45. The molecule has 0 amide bonds. The zero-order valence-corrected chi connectivity index (χ0v) is 12.2. The van der Waals surface area contributed by atoms with E-state index in [1.807, 2.05) is 0 Å². The van der Waals surface area contributed by atoms with Gasteiger partial charge in [0.1, 0.15) is 0 Å². The fourth-order valence-corrected chi connectivity index (χ4v) is 1.81. The number of benzene rings is 1. The van der Waals surface area contributed by atoms with Crippen LogP contribution < -0.4 is 5.73 Å². The molecule has 0 aliphatic rings. The first kappa shape index (κ1) is 17.2. The van der Waals surface area contributed by atoms with Crippen molar-refractivity contribution in [1.82, 2.24) is 0 Å². The minimum absolute atomic E-state index is 0.0448. The van der Waals surface area contributed by atoms with Crippen LogP contribution in [0.1, 0.15) is 29.8 Å². The van der Waals surface area contributed by atoms with Crippen LogP contribution in [0.3, 0.4) is 0 Å². The smallest absolute Gasteiger partial charge is 0.382 e. The molecule has 8 heteroatoms. The second-order valence-corrected chi connectivity index (χ2v) is 4.34. The number of anilines is 1. The van der Waals surface area contributed by atoms with Crippen molar-refractivity contribution in [3.8, 4) is 0 Å². The fourth-order valence-electron chi connectivity index (χ4n) is 1.56. The van der Waals surface area contributed by atoms with Crippen LogP contribution in [0, 0.1) is 0 Å². The number of ether oxygens (including phenoxy) is 2. The molecular weight excluding hydrogens is 308 g/mol. The molecule has 0 saturated carbocycles. The topological polar surface area (TPSA) is 78.6 Å². The Labute approximate surface area is 125 Å². The first-order valence-electron chi connectivity index (χ1n) is 6.07. The average molecular weight is 322 g/mol. The lowest BCUT2D eigenvalue weighted by Gasteiger charge is -2.18. The molecule has 0 unspecified atom stereocenters. The van der Waals surface area contributed by atoms with E-state index >= 15 is 0 Å². The normalized spacial score (nSPS) is 11.1. The predicted octanol–water partition coefficient (Wildman–Crippen LogP) is 2.75. The molecule has 21 heavy (non-hydrogen) atoms. The molecule has 1 rings (SSSR count). The van der Waals surface area contributed by atoms with E-state index in [0.29, 0.717) is 0 Å². The van der Waals surface area contributed by atoms with E-state index in [1.54, 1.807) is 6.92 Å². The van der Waals surface area contributed by atoms with Crippen molar-refractivity contribution in [2.75, 3.05) is 18.9 Å². The Kier molecular flexibility index (Phi) is 5.48. The summed E-state index contributed by atoms with van der Waals surface area (Å²) in [6.45, 7) is 2.77. The fraction of sp³-hybridized carbons (Fsp3) is 0.385. The molecule has 0 aliphatic carbocycles. The number of carbonyl (C=O) groups is 2. The summed E-state index contributed by atoms with van der Waals surface area (Å²) in [6.07, 6.45) is 0. The van der Waals surface area contributed by atoms with E-state index in [9.17, 15) is 18.4 Å². The Hall–Kier alpha value is -1.89. The van der Waals surface area contributed by atoms with Gasteiger partial charge in [0.2, 0.25) is 0 Å². The van der Waals surface area contributed by atoms with Gasteiger partial charge in [-0.05, 0) is 26.0 Å². The van der Waals surface area contributed by atoms with E-state index < -0.39 is 29.1 Å². The number of hydrogen-bond donors (Lipinski definition) is 1. The van der Waals surface area contributed by atoms with Crippen molar-refractivity contribution in [3.05, 3.63) is 28.3 Å². The number of halogens is 3. The van der Waals surface area contributed by atoms with E-state index in [4.69, 9.17) is 22.1 Å².